The number of rotatable bonds is 5. The molecule has 0 saturated heterocycles. The van der Waals surface area contributed by atoms with Gasteiger partial charge in [-0.25, -0.2) is 9.97 Å². The minimum Gasteiger partial charge on any atom is -0.360 e. The van der Waals surface area contributed by atoms with Crippen LogP contribution in [0.2, 0.25) is 0 Å². The Morgan fingerprint density at radius 3 is 2.71 bits per heavy atom. The largest absolute Gasteiger partial charge is 0.360 e. The number of nitrogens with zero attached hydrogens (tertiary/aromatic N) is 2. The summed E-state index contributed by atoms with van der Waals surface area (Å²) in [6.45, 7) is 4.04. The van der Waals surface area contributed by atoms with E-state index in [0.717, 1.165) is 18.5 Å². The summed E-state index contributed by atoms with van der Waals surface area (Å²) in [4.78, 5) is 8.39. The summed E-state index contributed by atoms with van der Waals surface area (Å²) in [5.74, 6) is 0.530. The van der Waals surface area contributed by atoms with Gasteiger partial charge >= 0.3 is 0 Å². The highest BCUT2D eigenvalue weighted by Gasteiger charge is 2.06. The molecule has 0 aliphatic rings. The first kappa shape index (κ1) is 15.4. The molecule has 0 radical (unpaired) electrons. The van der Waals surface area contributed by atoms with Crippen LogP contribution >= 0.6 is 12.2 Å². The van der Waals surface area contributed by atoms with E-state index in [1.807, 2.05) is 19.1 Å². The van der Waals surface area contributed by atoms with E-state index in [1.54, 1.807) is 6.20 Å². The van der Waals surface area contributed by atoms with Crippen molar-refractivity contribution in [3.05, 3.63) is 53.9 Å². The van der Waals surface area contributed by atoms with Gasteiger partial charge < -0.3 is 10.6 Å². The molecule has 2 rings (SSSR count). The zero-order valence-corrected chi connectivity index (χ0v) is 13.2. The van der Waals surface area contributed by atoms with Crippen molar-refractivity contribution in [2.24, 2.45) is 0 Å². The van der Waals surface area contributed by atoms with Crippen LogP contribution in [0.3, 0.4) is 0 Å². The molecule has 0 aliphatic heterocycles. The summed E-state index contributed by atoms with van der Waals surface area (Å²) in [7, 11) is 0. The molecule has 0 saturated carbocycles. The van der Waals surface area contributed by atoms with Gasteiger partial charge in [0.15, 0.2) is 5.11 Å². The van der Waals surface area contributed by atoms with Crippen molar-refractivity contribution in [3.8, 4) is 0 Å². The van der Waals surface area contributed by atoms with E-state index in [9.17, 15) is 0 Å². The Labute approximate surface area is 131 Å². The van der Waals surface area contributed by atoms with Gasteiger partial charge in [0.25, 0.3) is 0 Å². The van der Waals surface area contributed by atoms with Crippen LogP contribution in [-0.2, 0) is 6.42 Å². The maximum Gasteiger partial charge on any atom is 0.229 e. The molecule has 21 heavy (non-hydrogen) atoms. The smallest absolute Gasteiger partial charge is 0.229 e. The lowest BCUT2D eigenvalue weighted by molar-refractivity contribution is 0.609. The SMILES string of the molecule is Cc1ccnc(NC(=S)NC(C)CCc2ccccc2)n1. The Morgan fingerprint density at radius 1 is 1.24 bits per heavy atom. The number of anilines is 1. The van der Waals surface area contributed by atoms with E-state index in [0.29, 0.717) is 11.1 Å². The molecule has 5 heteroatoms. The summed E-state index contributed by atoms with van der Waals surface area (Å²) < 4.78 is 0. The zero-order valence-electron chi connectivity index (χ0n) is 12.3. The van der Waals surface area contributed by atoms with Crippen LogP contribution in [0.25, 0.3) is 0 Å². The highest BCUT2D eigenvalue weighted by molar-refractivity contribution is 7.80. The molecule has 1 atom stereocenters. The van der Waals surface area contributed by atoms with Gasteiger partial charge in [0, 0.05) is 17.9 Å². The van der Waals surface area contributed by atoms with Crippen LogP contribution in [0.4, 0.5) is 5.95 Å². The highest BCUT2D eigenvalue weighted by atomic mass is 32.1. The topological polar surface area (TPSA) is 49.8 Å². The lowest BCUT2D eigenvalue weighted by atomic mass is 10.1. The third-order valence-electron chi connectivity index (χ3n) is 3.11. The predicted octanol–water partition coefficient (Wildman–Crippen LogP) is 3.09. The number of aromatic nitrogens is 2. The molecule has 0 amide bonds. The van der Waals surface area contributed by atoms with Crippen molar-refractivity contribution in [1.82, 2.24) is 15.3 Å². The van der Waals surface area contributed by atoms with E-state index in [-0.39, 0.29) is 6.04 Å². The fraction of sp³-hybridized carbons (Fsp3) is 0.312. The molecule has 2 N–H and O–H groups in total. The number of hydrogen-bond acceptors (Lipinski definition) is 3. The summed E-state index contributed by atoms with van der Waals surface area (Å²) in [5, 5.41) is 6.82. The molecule has 2 aromatic rings. The van der Waals surface area contributed by atoms with Crippen LogP contribution in [0, 0.1) is 6.92 Å². The molecule has 0 spiro atoms. The van der Waals surface area contributed by atoms with Crippen molar-refractivity contribution in [2.45, 2.75) is 32.7 Å². The lowest BCUT2D eigenvalue weighted by Gasteiger charge is -2.16. The fourth-order valence-electron chi connectivity index (χ4n) is 1.97. The summed E-state index contributed by atoms with van der Waals surface area (Å²) in [5.41, 5.74) is 2.25. The normalized spacial score (nSPS) is 11.7. The molecular formula is C16H20N4S. The standard InChI is InChI=1S/C16H20N4S/c1-12(8-9-14-6-4-3-5-7-14)19-16(21)20-15-17-11-10-13(2)18-15/h3-7,10-12H,8-9H2,1-2H3,(H2,17,18,19,20,21). The van der Waals surface area contributed by atoms with E-state index in [4.69, 9.17) is 12.2 Å². The number of thiocarbonyl (C=S) groups is 1. The van der Waals surface area contributed by atoms with Crippen molar-refractivity contribution < 1.29 is 0 Å². The molecular weight excluding hydrogens is 280 g/mol. The van der Waals surface area contributed by atoms with Gasteiger partial charge in [-0.2, -0.15) is 0 Å². The maximum absolute atomic E-state index is 5.28. The van der Waals surface area contributed by atoms with E-state index < -0.39 is 0 Å². The van der Waals surface area contributed by atoms with Crippen LogP contribution in [0.5, 0.6) is 0 Å². The molecule has 0 aliphatic carbocycles. The van der Waals surface area contributed by atoms with Gasteiger partial charge in [-0.15, -0.1) is 0 Å². The van der Waals surface area contributed by atoms with Gasteiger partial charge in [-0.05, 0) is 50.5 Å². The lowest BCUT2D eigenvalue weighted by Crippen LogP contribution is -2.36. The van der Waals surface area contributed by atoms with E-state index in [2.05, 4.69) is 51.8 Å². The second-order valence-electron chi connectivity index (χ2n) is 5.05. The molecule has 0 bridgehead atoms. The van der Waals surface area contributed by atoms with Gasteiger partial charge in [0.1, 0.15) is 0 Å². The van der Waals surface area contributed by atoms with Crippen molar-refractivity contribution in [2.75, 3.05) is 5.32 Å². The quantitative estimate of drug-likeness (QED) is 0.831. The van der Waals surface area contributed by atoms with Crippen LogP contribution in [0.1, 0.15) is 24.6 Å². The Balaban J connectivity index is 1.77. The summed E-state index contributed by atoms with van der Waals surface area (Å²) >= 11 is 5.28. The third-order valence-corrected chi connectivity index (χ3v) is 3.33. The highest BCUT2D eigenvalue weighted by Crippen LogP contribution is 2.05. The second kappa shape index (κ2) is 7.69. The van der Waals surface area contributed by atoms with Gasteiger partial charge in [0.2, 0.25) is 5.95 Å². The molecule has 1 aromatic heterocycles. The zero-order chi connectivity index (χ0) is 15.1. The van der Waals surface area contributed by atoms with Gasteiger partial charge in [0.05, 0.1) is 0 Å². The van der Waals surface area contributed by atoms with E-state index >= 15 is 0 Å². The number of nitrogens with one attached hydrogen (secondary N) is 2. The minimum absolute atomic E-state index is 0.287. The number of aryl methyl sites for hydroxylation is 2. The Bertz CT molecular complexity index is 586. The predicted molar refractivity (Wildman–Crippen MR) is 90.4 cm³/mol. The molecule has 0 fully saturated rings. The average Bonchev–Trinajstić information content (AvgIpc) is 2.46. The minimum atomic E-state index is 0.287. The van der Waals surface area contributed by atoms with Crippen LogP contribution in [0.15, 0.2) is 42.6 Å². The molecule has 1 heterocycles. The van der Waals surface area contributed by atoms with Crippen molar-refractivity contribution in [1.29, 1.82) is 0 Å². The first-order valence-electron chi connectivity index (χ1n) is 7.04. The monoisotopic (exact) mass is 300 g/mol. The van der Waals surface area contributed by atoms with E-state index in [1.165, 1.54) is 5.56 Å². The number of benzene rings is 1. The summed E-state index contributed by atoms with van der Waals surface area (Å²) in [6.07, 6.45) is 3.76. The second-order valence-corrected chi connectivity index (χ2v) is 5.45. The van der Waals surface area contributed by atoms with Crippen molar-refractivity contribution in [3.63, 3.8) is 0 Å². The number of hydrogen-bond donors (Lipinski definition) is 2. The Morgan fingerprint density at radius 2 is 2.00 bits per heavy atom. The van der Waals surface area contributed by atoms with Gasteiger partial charge in [-0.1, -0.05) is 30.3 Å². The first-order valence-corrected chi connectivity index (χ1v) is 7.45. The Hall–Kier alpha value is -2.01. The summed E-state index contributed by atoms with van der Waals surface area (Å²) in [6, 6.07) is 12.6. The maximum atomic E-state index is 5.28. The first-order chi connectivity index (χ1) is 10.1. The molecule has 110 valence electrons. The van der Waals surface area contributed by atoms with Gasteiger partial charge in [-0.3, -0.25) is 0 Å². The fourth-order valence-corrected chi connectivity index (χ4v) is 2.26. The molecule has 4 nitrogen and oxygen atoms in total. The van der Waals surface area contributed by atoms with Crippen molar-refractivity contribution >= 4 is 23.3 Å². The third kappa shape index (κ3) is 5.47. The average molecular weight is 300 g/mol. The molecule has 1 aromatic carbocycles. The Kier molecular flexibility index (Phi) is 5.63. The van der Waals surface area contributed by atoms with Crippen LogP contribution < -0.4 is 10.6 Å². The molecule has 1 unspecified atom stereocenters. The van der Waals surface area contributed by atoms with Crippen LogP contribution in [-0.4, -0.2) is 21.1 Å².